The first-order chi connectivity index (χ1) is 12.5. The molecule has 0 aliphatic heterocycles. The lowest BCUT2D eigenvalue weighted by Gasteiger charge is -2.13. The molecule has 0 saturated carbocycles. The summed E-state index contributed by atoms with van der Waals surface area (Å²) in [7, 11) is 3.08. The molecule has 2 rings (SSSR count). The second-order valence-corrected chi connectivity index (χ2v) is 5.49. The molecule has 138 valence electrons. The van der Waals surface area contributed by atoms with Gasteiger partial charge in [0.2, 0.25) is 0 Å². The Bertz CT molecular complexity index is 765. The van der Waals surface area contributed by atoms with Crippen LogP contribution in [0.3, 0.4) is 0 Å². The van der Waals surface area contributed by atoms with E-state index in [9.17, 15) is 14.9 Å². The van der Waals surface area contributed by atoms with Crippen LogP contribution in [0, 0.1) is 17.0 Å². The van der Waals surface area contributed by atoms with E-state index in [0.717, 1.165) is 11.3 Å². The van der Waals surface area contributed by atoms with Gasteiger partial charge in [-0.15, -0.1) is 0 Å². The molecule has 1 amide bonds. The van der Waals surface area contributed by atoms with Crippen LogP contribution in [0.2, 0.25) is 0 Å². The summed E-state index contributed by atoms with van der Waals surface area (Å²) < 4.78 is 10.5. The SMILES string of the molecule is COc1cc(C(=O)NCCNc2ccc([N+](=O)[O-])cc2)cc(OC)c1C. The van der Waals surface area contributed by atoms with Crippen LogP contribution in [0.4, 0.5) is 11.4 Å². The third kappa shape index (κ3) is 4.62. The summed E-state index contributed by atoms with van der Waals surface area (Å²) in [4.78, 5) is 22.5. The first-order valence-electron chi connectivity index (χ1n) is 7.95. The molecule has 0 radical (unpaired) electrons. The number of benzene rings is 2. The summed E-state index contributed by atoms with van der Waals surface area (Å²) in [5.41, 5.74) is 2.04. The summed E-state index contributed by atoms with van der Waals surface area (Å²) in [5, 5.41) is 16.5. The predicted molar refractivity (Wildman–Crippen MR) is 98.2 cm³/mol. The number of anilines is 1. The van der Waals surface area contributed by atoms with Crippen LogP contribution >= 0.6 is 0 Å². The predicted octanol–water partition coefficient (Wildman–Crippen LogP) is 2.76. The van der Waals surface area contributed by atoms with Gasteiger partial charge in [0.25, 0.3) is 11.6 Å². The lowest BCUT2D eigenvalue weighted by atomic mass is 10.1. The van der Waals surface area contributed by atoms with Crippen molar-refractivity contribution in [3.63, 3.8) is 0 Å². The van der Waals surface area contributed by atoms with Crippen molar-refractivity contribution in [1.29, 1.82) is 0 Å². The number of nitrogens with one attached hydrogen (secondary N) is 2. The van der Waals surface area contributed by atoms with Gasteiger partial charge in [-0.25, -0.2) is 0 Å². The third-order valence-corrected chi connectivity index (χ3v) is 3.83. The average Bonchev–Trinajstić information content (AvgIpc) is 2.65. The molecule has 0 heterocycles. The lowest BCUT2D eigenvalue weighted by molar-refractivity contribution is -0.384. The fourth-order valence-electron chi connectivity index (χ4n) is 2.40. The highest BCUT2D eigenvalue weighted by Gasteiger charge is 2.13. The second kappa shape index (κ2) is 8.70. The maximum absolute atomic E-state index is 12.3. The molecule has 26 heavy (non-hydrogen) atoms. The van der Waals surface area contributed by atoms with Gasteiger partial charge in [0, 0.05) is 42.0 Å². The van der Waals surface area contributed by atoms with Crippen LogP contribution in [0.5, 0.6) is 11.5 Å². The van der Waals surface area contributed by atoms with Crippen LogP contribution in [0.25, 0.3) is 0 Å². The highest BCUT2D eigenvalue weighted by atomic mass is 16.6. The van der Waals surface area contributed by atoms with Crippen molar-refractivity contribution < 1.29 is 19.2 Å². The standard InChI is InChI=1S/C18H21N3O5/c1-12-16(25-2)10-13(11-17(12)26-3)18(22)20-9-8-19-14-4-6-15(7-5-14)21(23)24/h4-7,10-11,19H,8-9H2,1-3H3,(H,20,22). The third-order valence-electron chi connectivity index (χ3n) is 3.83. The molecule has 8 heteroatoms. The Hall–Kier alpha value is -3.29. The van der Waals surface area contributed by atoms with Gasteiger partial charge in [0.15, 0.2) is 0 Å². The van der Waals surface area contributed by atoms with Gasteiger partial charge < -0.3 is 20.1 Å². The maximum atomic E-state index is 12.3. The van der Waals surface area contributed by atoms with Gasteiger partial charge in [0.1, 0.15) is 11.5 Å². The number of carbonyl (C=O) groups is 1. The monoisotopic (exact) mass is 359 g/mol. The molecule has 2 aromatic rings. The Morgan fingerprint density at radius 1 is 1.08 bits per heavy atom. The largest absolute Gasteiger partial charge is 0.496 e. The minimum atomic E-state index is -0.450. The number of nitro benzene ring substituents is 1. The zero-order chi connectivity index (χ0) is 19.1. The highest BCUT2D eigenvalue weighted by Crippen LogP contribution is 2.29. The molecule has 2 aromatic carbocycles. The lowest BCUT2D eigenvalue weighted by Crippen LogP contribution is -2.28. The minimum absolute atomic E-state index is 0.0334. The quantitative estimate of drug-likeness (QED) is 0.427. The number of ether oxygens (including phenoxy) is 2. The summed E-state index contributed by atoms with van der Waals surface area (Å²) in [6.07, 6.45) is 0. The molecule has 0 spiro atoms. The Kier molecular flexibility index (Phi) is 6.37. The van der Waals surface area contributed by atoms with E-state index in [1.54, 1.807) is 24.3 Å². The number of nitrogens with zero attached hydrogens (tertiary/aromatic N) is 1. The molecule has 0 fully saturated rings. The first kappa shape index (κ1) is 19.0. The van der Waals surface area contributed by atoms with E-state index in [1.165, 1.54) is 26.4 Å². The molecule has 0 atom stereocenters. The second-order valence-electron chi connectivity index (χ2n) is 5.49. The maximum Gasteiger partial charge on any atom is 0.269 e. The van der Waals surface area contributed by atoms with Crippen LogP contribution < -0.4 is 20.1 Å². The van der Waals surface area contributed by atoms with Crippen LogP contribution in [-0.4, -0.2) is 38.1 Å². The minimum Gasteiger partial charge on any atom is -0.496 e. The van der Waals surface area contributed by atoms with Crippen molar-refractivity contribution >= 4 is 17.3 Å². The van der Waals surface area contributed by atoms with Crippen LogP contribution in [-0.2, 0) is 0 Å². The molecule has 0 aromatic heterocycles. The Labute approximate surface area is 151 Å². The molecule has 0 aliphatic carbocycles. The van der Waals surface area contributed by atoms with Gasteiger partial charge >= 0.3 is 0 Å². The summed E-state index contributed by atoms with van der Waals surface area (Å²) in [5.74, 6) is 0.920. The fraction of sp³-hybridized carbons (Fsp3) is 0.278. The van der Waals surface area contributed by atoms with Gasteiger partial charge in [0.05, 0.1) is 19.1 Å². The van der Waals surface area contributed by atoms with Gasteiger partial charge in [-0.1, -0.05) is 0 Å². The van der Waals surface area contributed by atoms with E-state index < -0.39 is 4.92 Å². The van der Waals surface area contributed by atoms with Crippen molar-refractivity contribution in [3.05, 3.63) is 57.6 Å². The number of non-ortho nitro benzene ring substituents is 1. The number of methoxy groups -OCH3 is 2. The Morgan fingerprint density at radius 3 is 2.15 bits per heavy atom. The molecule has 0 saturated heterocycles. The van der Waals surface area contributed by atoms with E-state index in [2.05, 4.69) is 10.6 Å². The number of hydrogen-bond donors (Lipinski definition) is 2. The molecule has 8 nitrogen and oxygen atoms in total. The van der Waals surface area contributed by atoms with Crippen molar-refractivity contribution in [2.45, 2.75) is 6.92 Å². The van der Waals surface area contributed by atoms with Crippen molar-refractivity contribution in [2.24, 2.45) is 0 Å². The number of nitro groups is 1. The average molecular weight is 359 g/mol. The van der Waals surface area contributed by atoms with Gasteiger partial charge in [-0.2, -0.15) is 0 Å². The molecular formula is C18H21N3O5. The number of amides is 1. The molecule has 0 unspecified atom stereocenters. The molecule has 0 bridgehead atoms. The van der Waals surface area contributed by atoms with Gasteiger partial charge in [-0.3, -0.25) is 14.9 Å². The molecule has 0 aliphatic rings. The summed E-state index contributed by atoms with van der Waals surface area (Å²) in [6.45, 7) is 2.71. The fourth-order valence-corrected chi connectivity index (χ4v) is 2.40. The van der Waals surface area contributed by atoms with E-state index in [0.29, 0.717) is 30.2 Å². The Balaban J connectivity index is 1.89. The zero-order valence-corrected chi connectivity index (χ0v) is 14.9. The van der Waals surface area contributed by atoms with E-state index >= 15 is 0 Å². The molecule has 2 N–H and O–H groups in total. The number of hydrogen-bond acceptors (Lipinski definition) is 6. The summed E-state index contributed by atoms with van der Waals surface area (Å²) in [6, 6.07) is 9.41. The normalized spacial score (nSPS) is 10.1. The summed E-state index contributed by atoms with van der Waals surface area (Å²) >= 11 is 0. The van der Waals surface area contributed by atoms with Crippen LogP contribution in [0.1, 0.15) is 15.9 Å². The van der Waals surface area contributed by atoms with Crippen molar-refractivity contribution in [3.8, 4) is 11.5 Å². The Morgan fingerprint density at radius 2 is 1.65 bits per heavy atom. The van der Waals surface area contributed by atoms with E-state index in [4.69, 9.17) is 9.47 Å². The highest BCUT2D eigenvalue weighted by molar-refractivity contribution is 5.95. The van der Waals surface area contributed by atoms with Crippen molar-refractivity contribution in [2.75, 3.05) is 32.6 Å². The number of rotatable bonds is 8. The van der Waals surface area contributed by atoms with Crippen molar-refractivity contribution in [1.82, 2.24) is 5.32 Å². The number of carbonyl (C=O) groups excluding carboxylic acids is 1. The first-order valence-corrected chi connectivity index (χ1v) is 7.95. The zero-order valence-electron chi connectivity index (χ0n) is 14.9. The smallest absolute Gasteiger partial charge is 0.269 e. The van der Waals surface area contributed by atoms with E-state index in [1.807, 2.05) is 6.92 Å². The van der Waals surface area contributed by atoms with E-state index in [-0.39, 0.29) is 11.6 Å². The molecular weight excluding hydrogens is 338 g/mol. The topological polar surface area (TPSA) is 103 Å². The van der Waals surface area contributed by atoms with Crippen LogP contribution in [0.15, 0.2) is 36.4 Å². The van der Waals surface area contributed by atoms with Gasteiger partial charge in [-0.05, 0) is 31.2 Å².